The lowest BCUT2D eigenvalue weighted by molar-refractivity contribution is 0.0910. The quantitative estimate of drug-likeness (QED) is 0.884. The average Bonchev–Trinajstić information content (AvgIpc) is 2.87. The van der Waals surface area contributed by atoms with Gasteiger partial charge in [0, 0.05) is 12.7 Å². The SMILES string of the molecule is CC(C)c1cc(C(=O)N[C@H](CO)c2ccccc2)nn1C. The van der Waals surface area contributed by atoms with Gasteiger partial charge in [0.15, 0.2) is 0 Å². The van der Waals surface area contributed by atoms with Crippen LogP contribution in [0.5, 0.6) is 0 Å². The minimum Gasteiger partial charge on any atom is -0.394 e. The van der Waals surface area contributed by atoms with Crippen LogP contribution in [0, 0.1) is 0 Å². The van der Waals surface area contributed by atoms with Gasteiger partial charge < -0.3 is 10.4 Å². The Balaban J connectivity index is 2.15. The van der Waals surface area contributed by atoms with E-state index in [-0.39, 0.29) is 12.5 Å². The van der Waals surface area contributed by atoms with Crippen molar-refractivity contribution >= 4 is 5.91 Å². The Morgan fingerprint density at radius 3 is 2.52 bits per heavy atom. The number of aromatic nitrogens is 2. The molecule has 1 aromatic carbocycles. The van der Waals surface area contributed by atoms with Crippen LogP contribution in [0.2, 0.25) is 0 Å². The Hall–Kier alpha value is -2.14. The van der Waals surface area contributed by atoms with E-state index < -0.39 is 6.04 Å². The lowest BCUT2D eigenvalue weighted by Crippen LogP contribution is -2.31. The molecular weight excluding hydrogens is 266 g/mol. The average molecular weight is 287 g/mol. The molecule has 0 bridgehead atoms. The second kappa shape index (κ2) is 6.54. The Morgan fingerprint density at radius 1 is 1.33 bits per heavy atom. The van der Waals surface area contributed by atoms with Gasteiger partial charge >= 0.3 is 0 Å². The van der Waals surface area contributed by atoms with Gasteiger partial charge in [0.2, 0.25) is 0 Å². The molecule has 1 amide bonds. The second-order valence-electron chi connectivity index (χ2n) is 5.35. The van der Waals surface area contributed by atoms with Crippen LogP contribution >= 0.6 is 0 Å². The van der Waals surface area contributed by atoms with E-state index >= 15 is 0 Å². The zero-order chi connectivity index (χ0) is 15.4. The smallest absolute Gasteiger partial charge is 0.272 e. The monoisotopic (exact) mass is 287 g/mol. The van der Waals surface area contributed by atoms with Gasteiger partial charge in [-0.25, -0.2) is 0 Å². The number of amides is 1. The number of nitrogens with zero attached hydrogens (tertiary/aromatic N) is 2. The summed E-state index contributed by atoms with van der Waals surface area (Å²) in [6, 6.07) is 10.8. The molecule has 2 aromatic rings. The van der Waals surface area contributed by atoms with Crippen molar-refractivity contribution in [3.63, 3.8) is 0 Å². The normalized spacial score (nSPS) is 12.4. The number of carbonyl (C=O) groups excluding carboxylic acids is 1. The number of aliphatic hydroxyl groups is 1. The molecule has 21 heavy (non-hydrogen) atoms. The zero-order valence-electron chi connectivity index (χ0n) is 12.6. The van der Waals surface area contributed by atoms with Crippen molar-refractivity contribution in [2.45, 2.75) is 25.8 Å². The van der Waals surface area contributed by atoms with E-state index in [1.165, 1.54) is 0 Å². The minimum absolute atomic E-state index is 0.153. The number of carbonyl (C=O) groups is 1. The number of rotatable bonds is 5. The molecule has 1 aromatic heterocycles. The molecule has 112 valence electrons. The van der Waals surface area contributed by atoms with Gasteiger partial charge in [-0.15, -0.1) is 0 Å². The van der Waals surface area contributed by atoms with Crippen molar-refractivity contribution < 1.29 is 9.90 Å². The highest BCUT2D eigenvalue weighted by Crippen LogP contribution is 2.16. The molecule has 0 aliphatic heterocycles. The summed E-state index contributed by atoms with van der Waals surface area (Å²) in [5.41, 5.74) is 2.24. The fourth-order valence-corrected chi connectivity index (χ4v) is 2.28. The summed E-state index contributed by atoms with van der Waals surface area (Å²) < 4.78 is 1.72. The first-order valence-corrected chi connectivity index (χ1v) is 7.03. The molecular formula is C16H21N3O2. The first-order chi connectivity index (χ1) is 10.0. The van der Waals surface area contributed by atoms with E-state index in [2.05, 4.69) is 24.3 Å². The van der Waals surface area contributed by atoms with Crippen molar-refractivity contribution in [1.82, 2.24) is 15.1 Å². The van der Waals surface area contributed by atoms with Gasteiger partial charge in [0.25, 0.3) is 5.91 Å². The number of benzene rings is 1. The highest BCUT2D eigenvalue weighted by molar-refractivity contribution is 5.92. The fourth-order valence-electron chi connectivity index (χ4n) is 2.28. The van der Waals surface area contributed by atoms with E-state index in [1.54, 1.807) is 10.7 Å². The maximum atomic E-state index is 12.3. The van der Waals surface area contributed by atoms with Crippen LogP contribution < -0.4 is 5.32 Å². The van der Waals surface area contributed by atoms with Crippen molar-refractivity contribution in [3.8, 4) is 0 Å². The van der Waals surface area contributed by atoms with Gasteiger partial charge in [0.05, 0.1) is 12.6 Å². The highest BCUT2D eigenvalue weighted by atomic mass is 16.3. The molecule has 0 spiro atoms. The van der Waals surface area contributed by atoms with Gasteiger partial charge in [-0.1, -0.05) is 44.2 Å². The molecule has 2 N–H and O–H groups in total. The molecule has 1 heterocycles. The Kier molecular flexibility index (Phi) is 4.75. The highest BCUT2D eigenvalue weighted by Gasteiger charge is 2.18. The Labute approximate surface area is 124 Å². The summed E-state index contributed by atoms with van der Waals surface area (Å²) in [5.74, 6) is 0.0206. The van der Waals surface area contributed by atoms with Gasteiger partial charge in [-0.3, -0.25) is 9.48 Å². The van der Waals surface area contributed by atoms with Crippen LogP contribution in [0.25, 0.3) is 0 Å². The Morgan fingerprint density at radius 2 is 2.00 bits per heavy atom. The van der Waals surface area contributed by atoms with Crippen molar-refractivity contribution in [2.24, 2.45) is 7.05 Å². The summed E-state index contributed by atoms with van der Waals surface area (Å²) in [5, 5.41) is 16.5. The predicted octanol–water partition coefficient (Wildman–Crippen LogP) is 2.01. The van der Waals surface area contributed by atoms with Crippen molar-refractivity contribution in [3.05, 3.63) is 53.3 Å². The molecule has 0 aliphatic carbocycles. The summed E-state index contributed by atoms with van der Waals surface area (Å²) in [4.78, 5) is 12.3. The molecule has 5 nitrogen and oxygen atoms in total. The van der Waals surface area contributed by atoms with Crippen LogP contribution in [0.3, 0.4) is 0 Å². The number of aryl methyl sites for hydroxylation is 1. The van der Waals surface area contributed by atoms with Crippen LogP contribution in [-0.2, 0) is 7.05 Å². The molecule has 0 radical (unpaired) electrons. The second-order valence-corrected chi connectivity index (χ2v) is 5.35. The minimum atomic E-state index is -0.428. The zero-order valence-corrected chi connectivity index (χ0v) is 12.6. The third-order valence-electron chi connectivity index (χ3n) is 3.43. The van der Waals surface area contributed by atoms with Gasteiger partial charge in [0.1, 0.15) is 5.69 Å². The largest absolute Gasteiger partial charge is 0.394 e. The van der Waals surface area contributed by atoms with E-state index in [1.807, 2.05) is 37.4 Å². The van der Waals surface area contributed by atoms with E-state index in [9.17, 15) is 9.90 Å². The number of hydrogen-bond donors (Lipinski definition) is 2. The molecule has 5 heteroatoms. The van der Waals surface area contributed by atoms with E-state index in [4.69, 9.17) is 0 Å². The first kappa shape index (κ1) is 15.3. The van der Waals surface area contributed by atoms with Crippen molar-refractivity contribution in [2.75, 3.05) is 6.61 Å². The predicted molar refractivity (Wildman–Crippen MR) is 81.0 cm³/mol. The molecule has 2 rings (SSSR count). The van der Waals surface area contributed by atoms with E-state index in [0.29, 0.717) is 11.6 Å². The van der Waals surface area contributed by atoms with Crippen molar-refractivity contribution in [1.29, 1.82) is 0 Å². The molecule has 0 saturated carbocycles. The molecule has 0 saturated heterocycles. The third kappa shape index (κ3) is 3.49. The number of hydrogen-bond acceptors (Lipinski definition) is 3. The molecule has 0 aliphatic rings. The number of nitrogens with one attached hydrogen (secondary N) is 1. The maximum Gasteiger partial charge on any atom is 0.272 e. The van der Waals surface area contributed by atoms with Gasteiger partial charge in [-0.05, 0) is 17.5 Å². The van der Waals surface area contributed by atoms with Crippen LogP contribution in [-0.4, -0.2) is 27.4 Å². The fraction of sp³-hybridized carbons (Fsp3) is 0.375. The van der Waals surface area contributed by atoms with Crippen LogP contribution in [0.15, 0.2) is 36.4 Å². The first-order valence-electron chi connectivity index (χ1n) is 7.03. The van der Waals surface area contributed by atoms with Gasteiger partial charge in [-0.2, -0.15) is 5.10 Å². The Bertz CT molecular complexity index is 605. The van der Waals surface area contributed by atoms with Crippen LogP contribution in [0.1, 0.15) is 47.6 Å². The number of aliphatic hydroxyl groups excluding tert-OH is 1. The maximum absolute atomic E-state index is 12.3. The summed E-state index contributed by atoms with van der Waals surface area (Å²) in [6.45, 7) is 3.96. The summed E-state index contributed by atoms with van der Waals surface area (Å²) >= 11 is 0. The van der Waals surface area contributed by atoms with E-state index in [0.717, 1.165) is 11.3 Å². The molecule has 0 unspecified atom stereocenters. The topological polar surface area (TPSA) is 67.2 Å². The third-order valence-corrected chi connectivity index (χ3v) is 3.43. The van der Waals surface area contributed by atoms with Crippen LogP contribution in [0.4, 0.5) is 0 Å². The molecule has 1 atom stereocenters. The standard InChI is InChI=1S/C16H21N3O2/c1-11(2)15-9-13(18-19(15)3)16(21)17-14(10-20)12-7-5-4-6-8-12/h4-9,11,14,20H,10H2,1-3H3,(H,17,21)/t14-/m1/s1. The lowest BCUT2D eigenvalue weighted by Gasteiger charge is -2.15. The molecule has 0 fully saturated rings. The lowest BCUT2D eigenvalue weighted by atomic mass is 10.1. The summed E-state index contributed by atoms with van der Waals surface area (Å²) in [6.07, 6.45) is 0. The summed E-state index contributed by atoms with van der Waals surface area (Å²) in [7, 11) is 1.83.